The van der Waals surface area contributed by atoms with Crippen molar-refractivity contribution in [1.29, 1.82) is 0 Å². The molecule has 0 aliphatic rings. The molecule has 9 heteroatoms. The second kappa shape index (κ2) is 9.63. The molecule has 0 aliphatic heterocycles. The molecule has 7 nitrogen and oxygen atoms in total. The van der Waals surface area contributed by atoms with Crippen molar-refractivity contribution in [3.63, 3.8) is 0 Å². The zero-order valence-corrected chi connectivity index (χ0v) is 16.7. The summed E-state index contributed by atoms with van der Waals surface area (Å²) in [5.41, 5.74) is 6.69. The summed E-state index contributed by atoms with van der Waals surface area (Å²) in [5.74, 6) is -0.549. The molecule has 3 rings (SSSR count). The van der Waals surface area contributed by atoms with Crippen molar-refractivity contribution < 1.29 is 4.79 Å². The molecule has 2 aromatic heterocycles. The van der Waals surface area contributed by atoms with Gasteiger partial charge in [0, 0.05) is 19.4 Å². The van der Waals surface area contributed by atoms with Gasteiger partial charge in [-0.2, -0.15) is 0 Å². The monoisotopic (exact) mass is 402 g/mol. The van der Waals surface area contributed by atoms with Crippen LogP contribution in [0, 0.1) is 6.92 Å². The van der Waals surface area contributed by atoms with E-state index in [9.17, 15) is 4.79 Å². The Bertz CT molecular complexity index is 864. The highest BCUT2D eigenvalue weighted by Crippen LogP contribution is 2.21. The average molecular weight is 403 g/mol. The van der Waals surface area contributed by atoms with Gasteiger partial charge in [-0.1, -0.05) is 41.7 Å². The number of nitrogens with zero attached hydrogens (tertiary/aromatic N) is 4. The van der Waals surface area contributed by atoms with Gasteiger partial charge >= 0.3 is 0 Å². The summed E-state index contributed by atoms with van der Waals surface area (Å²) in [6, 6.07) is 9.53. The number of unbranched alkanes of at least 4 members (excludes halogenated alkanes) is 1. The van der Waals surface area contributed by atoms with Crippen molar-refractivity contribution >= 4 is 33.7 Å². The summed E-state index contributed by atoms with van der Waals surface area (Å²) in [5, 5.41) is 22.8. The van der Waals surface area contributed by atoms with Gasteiger partial charge in [0.25, 0.3) is 0 Å². The highest BCUT2D eigenvalue weighted by Gasteiger charge is 2.20. The number of benzene rings is 1. The number of carbonyl (C=O) groups is 1. The average Bonchev–Trinajstić information content (AvgIpc) is 3.29. The van der Waals surface area contributed by atoms with Crippen molar-refractivity contribution in [2.24, 2.45) is 5.73 Å². The highest BCUT2D eigenvalue weighted by atomic mass is 32.1. The van der Waals surface area contributed by atoms with Crippen molar-refractivity contribution in [2.75, 3.05) is 11.9 Å². The maximum Gasteiger partial charge on any atom is 0.235 e. The Labute approximate surface area is 166 Å². The zero-order chi connectivity index (χ0) is 19.1. The van der Waals surface area contributed by atoms with Gasteiger partial charge in [0.1, 0.15) is 15.0 Å². The first-order valence-electron chi connectivity index (χ1n) is 8.83. The van der Waals surface area contributed by atoms with E-state index in [1.165, 1.54) is 11.3 Å². The number of anilines is 1. The molecule has 3 N–H and O–H groups in total. The van der Waals surface area contributed by atoms with E-state index in [0.717, 1.165) is 46.3 Å². The van der Waals surface area contributed by atoms with Crippen LogP contribution in [0.4, 0.5) is 5.13 Å². The van der Waals surface area contributed by atoms with Crippen LogP contribution < -0.4 is 11.1 Å². The van der Waals surface area contributed by atoms with Gasteiger partial charge in [0.15, 0.2) is 0 Å². The Morgan fingerprint density at radius 1 is 1.04 bits per heavy atom. The van der Waals surface area contributed by atoms with Crippen LogP contribution in [0.25, 0.3) is 0 Å². The predicted octanol–water partition coefficient (Wildman–Crippen LogP) is 2.94. The predicted molar refractivity (Wildman–Crippen MR) is 108 cm³/mol. The maximum atomic E-state index is 12.5. The van der Waals surface area contributed by atoms with Crippen LogP contribution >= 0.6 is 22.7 Å². The van der Waals surface area contributed by atoms with Crippen LogP contribution in [0.2, 0.25) is 0 Å². The molecule has 0 bridgehead atoms. The number of carbonyl (C=O) groups excluding carboxylic acids is 1. The van der Waals surface area contributed by atoms with Crippen LogP contribution in [0.15, 0.2) is 30.3 Å². The molecule has 1 amide bonds. The minimum atomic E-state index is -0.395. The molecule has 0 aliphatic carbocycles. The van der Waals surface area contributed by atoms with E-state index in [1.54, 1.807) is 11.3 Å². The van der Waals surface area contributed by atoms with E-state index in [-0.39, 0.29) is 12.5 Å². The van der Waals surface area contributed by atoms with E-state index in [0.29, 0.717) is 5.13 Å². The highest BCUT2D eigenvalue weighted by molar-refractivity contribution is 7.15. The topological polar surface area (TPSA) is 107 Å². The largest absolute Gasteiger partial charge is 0.329 e. The van der Waals surface area contributed by atoms with Crippen LogP contribution in [0.1, 0.15) is 39.3 Å². The number of amides is 1. The number of nitrogens with one attached hydrogen (secondary N) is 1. The normalized spacial score (nSPS) is 12.1. The number of nitrogens with two attached hydrogens (primary N) is 1. The molecule has 0 saturated carbocycles. The van der Waals surface area contributed by atoms with Crippen LogP contribution in [0.3, 0.4) is 0 Å². The van der Waals surface area contributed by atoms with Crippen LogP contribution in [0.5, 0.6) is 0 Å². The quantitative estimate of drug-likeness (QED) is 0.533. The molecule has 142 valence electrons. The molecule has 0 spiro atoms. The Kier molecular flexibility index (Phi) is 6.97. The van der Waals surface area contributed by atoms with Gasteiger partial charge in [-0.3, -0.25) is 10.1 Å². The van der Waals surface area contributed by atoms with E-state index >= 15 is 0 Å². The van der Waals surface area contributed by atoms with Crippen LogP contribution in [-0.4, -0.2) is 32.8 Å². The van der Waals surface area contributed by atoms with Crippen molar-refractivity contribution in [2.45, 2.75) is 38.5 Å². The van der Waals surface area contributed by atoms with Crippen molar-refractivity contribution in [3.8, 4) is 0 Å². The minimum absolute atomic E-state index is 0.155. The van der Waals surface area contributed by atoms with Crippen LogP contribution in [-0.2, 0) is 17.6 Å². The lowest BCUT2D eigenvalue weighted by atomic mass is 9.99. The van der Waals surface area contributed by atoms with Gasteiger partial charge in [-0.25, -0.2) is 0 Å². The summed E-state index contributed by atoms with van der Waals surface area (Å²) in [4.78, 5) is 12.5. The molecule has 1 unspecified atom stereocenters. The molecule has 27 heavy (non-hydrogen) atoms. The van der Waals surface area contributed by atoms with Crippen molar-refractivity contribution in [3.05, 3.63) is 50.9 Å². The molecule has 3 aromatic rings. The third-order valence-corrected chi connectivity index (χ3v) is 5.85. The van der Waals surface area contributed by atoms with E-state index in [4.69, 9.17) is 5.73 Å². The SMILES string of the molecule is Cc1nnc(CCCCc2nnc(NC(=O)C(CN)c3ccccc3)s2)s1. The smallest absolute Gasteiger partial charge is 0.235 e. The number of rotatable bonds is 9. The fraction of sp³-hybridized carbons (Fsp3) is 0.389. The molecule has 2 heterocycles. The second-order valence-corrected chi connectivity index (χ2v) is 8.44. The number of hydrogen-bond donors (Lipinski definition) is 2. The third-order valence-electron chi connectivity index (χ3n) is 4.05. The summed E-state index contributed by atoms with van der Waals surface area (Å²) >= 11 is 3.06. The zero-order valence-electron chi connectivity index (χ0n) is 15.1. The molecule has 0 saturated heterocycles. The lowest BCUT2D eigenvalue weighted by Crippen LogP contribution is -2.27. The molecule has 0 fully saturated rings. The molecule has 1 atom stereocenters. The molecular weight excluding hydrogens is 380 g/mol. The molecule has 1 aromatic carbocycles. The van der Waals surface area contributed by atoms with Gasteiger partial charge in [-0.15, -0.1) is 31.7 Å². The number of aryl methyl sites for hydroxylation is 3. The summed E-state index contributed by atoms with van der Waals surface area (Å²) in [7, 11) is 0. The number of aromatic nitrogens is 4. The summed E-state index contributed by atoms with van der Waals surface area (Å²) in [6.07, 6.45) is 3.79. The summed E-state index contributed by atoms with van der Waals surface area (Å²) < 4.78 is 0. The van der Waals surface area contributed by atoms with E-state index in [1.807, 2.05) is 37.3 Å². The molecular formula is C18H22N6OS2. The Morgan fingerprint density at radius 2 is 1.70 bits per heavy atom. The second-order valence-electron chi connectivity index (χ2n) is 6.11. The lowest BCUT2D eigenvalue weighted by Gasteiger charge is -2.13. The lowest BCUT2D eigenvalue weighted by molar-refractivity contribution is -0.117. The molecule has 0 radical (unpaired) electrons. The Hall–Kier alpha value is -2.23. The van der Waals surface area contributed by atoms with E-state index < -0.39 is 5.92 Å². The van der Waals surface area contributed by atoms with Gasteiger partial charge < -0.3 is 5.73 Å². The first-order chi connectivity index (χ1) is 13.2. The Morgan fingerprint density at radius 3 is 2.33 bits per heavy atom. The van der Waals surface area contributed by atoms with Crippen molar-refractivity contribution in [1.82, 2.24) is 20.4 Å². The maximum absolute atomic E-state index is 12.5. The van der Waals surface area contributed by atoms with Gasteiger partial charge in [0.2, 0.25) is 11.0 Å². The number of hydrogen-bond acceptors (Lipinski definition) is 8. The first kappa shape index (κ1) is 19.5. The standard InChI is InChI=1S/C18H22N6OS2/c1-12-21-22-15(26-12)9-5-6-10-16-23-24-18(27-16)20-17(25)14(11-19)13-7-3-2-4-8-13/h2-4,7-8,14H,5-6,9-11,19H2,1H3,(H,20,24,25). The third kappa shape index (κ3) is 5.62. The van der Waals surface area contributed by atoms with E-state index in [2.05, 4.69) is 25.7 Å². The Balaban J connectivity index is 1.47. The van der Waals surface area contributed by atoms with Gasteiger partial charge in [-0.05, 0) is 25.3 Å². The first-order valence-corrected chi connectivity index (χ1v) is 10.5. The summed E-state index contributed by atoms with van der Waals surface area (Å²) in [6.45, 7) is 2.21. The van der Waals surface area contributed by atoms with Gasteiger partial charge in [0.05, 0.1) is 5.92 Å². The minimum Gasteiger partial charge on any atom is -0.329 e. The fourth-order valence-corrected chi connectivity index (χ4v) is 4.20. The fourth-order valence-electron chi connectivity index (χ4n) is 2.67.